The lowest BCUT2D eigenvalue weighted by molar-refractivity contribution is -0.113. The fraction of sp³-hybridized carbons (Fsp3) is 0.348. The zero-order valence-corrected chi connectivity index (χ0v) is 20.0. The van der Waals surface area contributed by atoms with Gasteiger partial charge in [-0.05, 0) is 69.5 Å². The Bertz CT molecular complexity index is 1060. The van der Waals surface area contributed by atoms with Crippen LogP contribution in [-0.4, -0.2) is 26.4 Å². The quantitative estimate of drug-likeness (QED) is 0.435. The van der Waals surface area contributed by atoms with Gasteiger partial charge in [0.15, 0.2) is 17.1 Å². The Balaban J connectivity index is 1.67. The molecule has 1 amide bonds. The van der Waals surface area contributed by atoms with E-state index in [2.05, 4.69) is 15.5 Å². The van der Waals surface area contributed by atoms with Crippen LogP contribution in [0.4, 0.5) is 5.69 Å². The number of amides is 1. The Hall–Kier alpha value is -2.51. The summed E-state index contributed by atoms with van der Waals surface area (Å²) in [6.07, 6.45) is -0.303. The number of anilines is 1. The van der Waals surface area contributed by atoms with Gasteiger partial charge in [-0.15, -0.1) is 10.2 Å². The van der Waals surface area contributed by atoms with Crippen molar-refractivity contribution in [3.8, 4) is 5.75 Å². The lowest BCUT2D eigenvalue weighted by Gasteiger charge is -2.17. The van der Waals surface area contributed by atoms with E-state index in [0.29, 0.717) is 11.7 Å². The molecular weight excluding hydrogens is 432 g/mol. The molecule has 2 aromatic carbocycles. The third-order valence-electron chi connectivity index (χ3n) is 4.90. The zero-order valence-electron chi connectivity index (χ0n) is 18.4. The molecule has 3 rings (SSSR count). The predicted octanol–water partition coefficient (Wildman–Crippen LogP) is 5.75. The highest BCUT2D eigenvalue weighted by molar-refractivity contribution is 7.99. The van der Waals surface area contributed by atoms with Gasteiger partial charge in [0.05, 0.1) is 5.75 Å². The zero-order chi connectivity index (χ0) is 22.5. The van der Waals surface area contributed by atoms with Gasteiger partial charge in [0.25, 0.3) is 0 Å². The number of hydrogen-bond donors (Lipinski definition) is 1. The number of halogens is 1. The van der Waals surface area contributed by atoms with Crippen LogP contribution in [0.25, 0.3) is 0 Å². The summed E-state index contributed by atoms with van der Waals surface area (Å²) in [5.74, 6) is 1.62. The molecular formula is C23H27ClN4O2S. The molecule has 0 aliphatic heterocycles. The minimum atomic E-state index is -0.303. The van der Waals surface area contributed by atoms with Crippen molar-refractivity contribution in [2.45, 2.75) is 52.4 Å². The Morgan fingerprint density at radius 2 is 1.84 bits per heavy atom. The first-order valence-electron chi connectivity index (χ1n) is 10.1. The summed E-state index contributed by atoms with van der Waals surface area (Å²) in [5.41, 5.74) is 3.79. The topological polar surface area (TPSA) is 69.0 Å². The van der Waals surface area contributed by atoms with Crippen LogP contribution in [0.15, 0.2) is 41.6 Å². The fourth-order valence-electron chi connectivity index (χ4n) is 3.27. The maximum Gasteiger partial charge on any atom is 0.234 e. The second-order valence-corrected chi connectivity index (χ2v) is 8.69. The molecule has 0 bridgehead atoms. The number of para-hydroxylation sites is 1. The van der Waals surface area contributed by atoms with E-state index in [1.807, 2.05) is 75.6 Å². The van der Waals surface area contributed by atoms with Crippen molar-refractivity contribution in [3.63, 3.8) is 0 Å². The number of thioether (sulfide) groups is 1. The molecule has 0 saturated carbocycles. The van der Waals surface area contributed by atoms with Gasteiger partial charge in [-0.2, -0.15) is 0 Å². The summed E-state index contributed by atoms with van der Waals surface area (Å²) in [6, 6.07) is 11.5. The SMILES string of the molecule is CCn1c(SCC(=O)Nc2ccccc2C)nnc1C(C)Oc1cc(C)c(Cl)c(C)c1. The smallest absolute Gasteiger partial charge is 0.234 e. The first-order valence-corrected chi connectivity index (χ1v) is 11.5. The molecule has 1 unspecified atom stereocenters. The standard InChI is InChI=1S/C23H27ClN4O2S/c1-6-28-22(17(5)30-18-11-15(3)21(24)16(4)12-18)26-27-23(28)31-13-20(29)25-19-10-8-7-9-14(19)2/h7-12,17H,6,13H2,1-5H3,(H,25,29). The monoisotopic (exact) mass is 458 g/mol. The van der Waals surface area contributed by atoms with Gasteiger partial charge in [0.1, 0.15) is 5.75 Å². The number of rotatable bonds is 8. The maximum atomic E-state index is 12.4. The van der Waals surface area contributed by atoms with E-state index in [9.17, 15) is 4.79 Å². The Morgan fingerprint density at radius 3 is 2.48 bits per heavy atom. The Kier molecular flexibility index (Phi) is 7.62. The highest BCUT2D eigenvalue weighted by Gasteiger charge is 2.20. The van der Waals surface area contributed by atoms with Gasteiger partial charge in [-0.1, -0.05) is 41.6 Å². The highest BCUT2D eigenvalue weighted by Crippen LogP contribution is 2.29. The number of carbonyl (C=O) groups excluding carboxylic acids is 1. The van der Waals surface area contributed by atoms with Crippen LogP contribution in [0.3, 0.4) is 0 Å². The molecule has 1 aromatic heterocycles. The van der Waals surface area contributed by atoms with Gasteiger partial charge in [0.2, 0.25) is 5.91 Å². The fourth-order valence-corrected chi connectivity index (χ4v) is 4.18. The number of aromatic nitrogens is 3. The van der Waals surface area contributed by atoms with E-state index in [1.165, 1.54) is 11.8 Å². The first-order chi connectivity index (χ1) is 14.8. The van der Waals surface area contributed by atoms with Gasteiger partial charge >= 0.3 is 0 Å². The van der Waals surface area contributed by atoms with Gasteiger partial charge in [-0.3, -0.25) is 4.79 Å². The van der Waals surface area contributed by atoms with Crippen LogP contribution in [0.2, 0.25) is 5.02 Å². The molecule has 0 saturated heterocycles. The maximum absolute atomic E-state index is 12.4. The molecule has 0 fully saturated rings. The molecule has 1 heterocycles. The van der Waals surface area contributed by atoms with E-state index in [1.54, 1.807) is 0 Å². The van der Waals surface area contributed by atoms with Crippen molar-refractivity contribution in [1.29, 1.82) is 0 Å². The number of benzene rings is 2. The molecule has 8 heteroatoms. The predicted molar refractivity (Wildman–Crippen MR) is 126 cm³/mol. The summed E-state index contributed by atoms with van der Waals surface area (Å²) in [5, 5.41) is 13.0. The van der Waals surface area contributed by atoms with Crippen LogP contribution in [-0.2, 0) is 11.3 Å². The first kappa shape index (κ1) is 23.2. The number of nitrogens with zero attached hydrogens (tertiary/aromatic N) is 3. The average molecular weight is 459 g/mol. The molecule has 31 heavy (non-hydrogen) atoms. The minimum Gasteiger partial charge on any atom is -0.483 e. The molecule has 3 aromatic rings. The van der Waals surface area contributed by atoms with Crippen LogP contribution < -0.4 is 10.1 Å². The highest BCUT2D eigenvalue weighted by atomic mass is 35.5. The largest absolute Gasteiger partial charge is 0.483 e. The van der Waals surface area contributed by atoms with E-state index in [0.717, 1.165) is 39.0 Å². The van der Waals surface area contributed by atoms with Crippen molar-refractivity contribution in [1.82, 2.24) is 14.8 Å². The molecule has 1 N–H and O–H groups in total. The van der Waals surface area contributed by atoms with Crippen molar-refractivity contribution in [3.05, 3.63) is 63.9 Å². The number of hydrogen-bond acceptors (Lipinski definition) is 5. The van der Waals surface area contributed by atoms with Crippen LogP contribution in [0.5, 0.6) is 5.75 Å². The summed E-state index contributed by atoms with van der Waals surface area (Å²) >= 11 is 7.62. The van der Waals surface area contributed by atoms with E-state index in [-0.39, 0.29) is 17.8 Å². The van der Waals surface area contributed by atoms with Gasteiger partial charge in [0, 0.05) is 17.3 Å². The molecule has 0 radical (unpaired) electrons. The molecule has 164 valence electrons. The molecule has 0 aliphatic rings. The van der Waals surface area contributed by atoms with Crippen molar-refractivity contribution >= 4 is 35.0 Å². The Labute approximate surface area is 192 Å². The Morgan fingerprint density at radius 1 is 1.16 bits per heavy atom. The molecule has 6 nitrogen and oxygen atoms in total. The molecule has 1 atom stereocenters. The van der Waals surface area contributed by atoms with Crippen molar-refractivity contribution < 1.29 is 9.53 Å². The summed E-state index contributed by atoms with van der Waals surface area (Å²) in [4.78, 5) is 12.4. The van der Waals surface area contributed by atoms with Gasteiger partial charge < -0.3 is 14.6 Å². The lowest BCUT2D eigenvalue weighted by atomic mass is 10.1. The van der Waals surface area contributed by atoms with E-state index in [4.69, 9.17) is 16.3 Å². The molecule has 0 spiro atoms. The second-order valence-electron chi connectivity index (χ2n) is 7.37. The average Bonchev–Trinajstić information content (AvgIpc) is 3.15. The number of ether oxygens (including phenoxy) is 1. The van der Waals surface area contributed by atoms with Crippen molar-refractivity contribution in [2.24, 2.45) is 0 Å². The number of aryl methyl sites for hydroxylation is 3. The van der Waals surface area contributed by atoms with Crippen LogP contribution in [0, 0.1) is 20.8 Å². The third kappa shape index (κ3) is 5.60. The van der Waals surface area contributed by atoms with Crippen molar-refractivity contribution in [2.75, 3.05) is 11.1 Å². The van der Waals surface area contributed by atoms with E-state index < -0.39 is 0 Å². The number of nitrogens with one attached hydrogen (secondary N) is 1. The lowest BCUT2D eigenvalue weighted by Crippen LogP contribution is -2.16. The van der Waals surface area contributed by atoms with Gasteiger partial charge in [-0.25, -0.2) is 0 Å². The third-order valence-corrected chi connectivity index (χ3v) is 6.46. The number of carbonyl (C=O) groups is 1. The van der Waals surface area contributed by atoms with Crippen LogP contribution in [0.1, 0.15) is 42.5 Å². The van der Waals surface area contributed by atoms with E-state index >= 15 is 0 Å². The van der Waals surface area contributed by atoms with Crippen LogP contribution >= 0.6 is 23.4 Å². The summed E-state index contributed by atoms with van der Waals surface area (Å²) < 4.78 is 8.10. The minimum absolute atomic E-state index is 0.0806. The summed E-state index contributed by atoms with van der Waals surface area (Å²) in [6.45, 7) is 10.5. The normalized spacial score (nSPS) is 11.9. The molecule has 0 aliphatic carbocycles. The summed E-state index contributed by atoms with van der Waals surface area (Å²) in [7, 11) is 0. The second kappa shape index (κ2) is 10.2.